The number of ether oxygens (including phenoxy) is 1. The molecule has 2 aliphatic heterocycles. The summed E-state index contributed by atoms with van der Waals surface area (Å²) in [6, 6.07) is 9.72. The van der Waals surface area contributed by atoms with Crippen LogP contribution in [0.2, 0.25) is 0 Å². The van der Waals surface area contributed by atoms with Crippen molar-refractivity contribution in [3.05, 3.63) is 53.8 Å². The predicted octanol–water partition coefficient (Wildman–Crippen LogP) is 2.81. The SMILES string of the molecule is CCS(=O)(=O)N[C@H]1[C@@H](F)CN2C(=O)N(C)CCOc3c(F)cccc3-c3cccc(c3)C[C@@H]12. The number of likely N-dealkylation sites (N-methyl/N-ethyl adjacent to an activating group) is 1. The number of hydrogen-bond acceptors (Lipinski definition) is 4. The molecule has 3 atom stereocenters. The summed E-state index contributed by atoms with van der Waals surface area (Å²) in [6.45, 7) is 1.45. The molecule has 33 heavy (non-hydrogen) atoms. The Kier molecular flexibility index (Phi) is 6.58. The van der Waals surface area contributed by atoms with Gasteiger partial charge in [-0.2, -0.15) is 0 Å². The summed E-state index contributed by atoms with van der Waals surface area (Å²) >= 11 is 0. The molecule has 10 heteroatoms. The number of amides is 2. The predicted molar refractivity (Wildman–Crippen MR) is 121 cm³/mol. The number of carbonyl (C=O) groups excluding carboxylic acids is 1. The molecule has 0 saturated carbocycles. The normalized spacial score (nSPS) is 23.6. The third-order valence-corrected chi connectivity index (χ3v) is 7.56. The van der Waals surface area contributed by atoms with Crippen molar-refractivity contribution in [1.82, 2.24) is 14.5 Å². The number of fused-ring (bicyclic) bond motifs is 5. The first-order chi connectivity index (χ1) is 15.7. The van der Waals surface area contributed by atoms with Gasteiger partial charge in [0.25, 0.3) is 0 Å². The average molecular weight is 480 g/mol. The molecule has 178 valence electrons. The van der Waals surface area contributed by atoms with Crippen LogP contribution in [-0.2, 0) is 16.4 Å². The lowest BCUT2D eigenvalue weighted by Gasteiger charge is -2.31. The van der Waals surface area contributed by atoms with E-state index in [1.54, 1.807) is 25.2 Å². The lowest BCUT2D eigenvalue weighted by atomic mass is 9.96. The number of nitrogens with zero attached hydrogens (tertiary/aromatic N) is 2. The van der Waals surface area contributed by atoms with Crippen molar-refractivity contribution in [3.8, 4) is 16.9 Å². The maximum atomic E-state index is 15.1. The molecule has 7 nitrogen and oxygen atoms in total. The lowest BCUT2D eigenvalue weighted by molar-refractivity contribution is 0.145. The van der Waals surface area contributed by atoms with Crippen LogP contribution in [0.15, 0.2) is 42.5 Å². The van der Waals surface area contributed by atoms with E-state index < -0.39 is 40.1 Å². The lowest BCUT2D eigenvalue weighted by Crippen LogP contribution is -2.52. The highest BCUT2D eigenvalue weighted by Gasteiger charge is 2.46. The molecule has 4 rings (SSSR count). The smallest absolute Gasteiger partial charge is 0.320 e. The fourth-order valence-electron chi connectivity index (χ4n) is 4.36. The maximum absolute atomic E-state index is 15.1. The van der Waals surface area contributed by atoms with E-state index in [1.165, 1.54) is 22.8 Å². The van der Waals surface area contributed by atoms with Gasteiger partial charge in [0.1, 0.15) is 12.8 Å². The standard InChI is InChI=1S/C23H27F2N3O4S/c1-3-33(30,31)26-21-19(25)14-28-20(21)13-15-6-4-7-16(12-15)17-8-5-9-18(24)22(17)32-11-10-27(2)23(28)29/h4-9,12,19-21,26H,3,10-11,13-14H2,1-2H3/t19-,20-,21-/m0/s1. The number of sulfonamides is 1. The second-order valence-corrected chi connectivity index (χ2v) is 10.4. The van der Waals surface area contributed by atoms with Gasteiger partial charge in [-0.05, 0) is 30.5 Å². The number of nitrogens with one attached hydrogen (secondary N) is 1. The van der Waals surface area contributed by atoms with Gasteiger partial charge in [-0.15, -0.1) is 0 Å². The van der Waals surface area contributed by atoms with E-state index in [0.29, 0.717) is 11.1 Å². The first-order valence-electron chi connectivity index (χ1n) is 10.9. The van der Waals surface area contributed by atoms with Crippen LogP contribution in [0.5, 0.6) is 5.75 Å². The number of carbonyl (C=O) groups is 1. The molecule has 0 radical (unpaired) electrons. The Bertz CT molecular complexity index is 1140. The van der Waals surface area contributed by atoms with Gasteiger partial charge >= 0.3 is 6.03 Å². The Morgan fingerprint density at radius 1 is 1.21 bits per heavy atom. The number of alkyl halides is 1. The highest BCUT2D eigenvalue weighted by Crippen LogP contribution is 2.34. The molecule has 1 N–H and O–H groups in total. The summed E-state index contributed by atoms with van der Waals surface area (Å²) in [5.74, 6) is -0.587. The van der Waals surface area contributed by atoms with Gasteiger partial charge in [-0.3, -0.25) is 0 Å². The Labute approximate surface area is 192 Å². The summed E-state index contributed by atoms with van der Waals surface area (Å²) in [4.78, 5) is 15.9. The Hall–Kier alpha value is -2.72. The zero-order valence-electron chi connectivity index (χ0n) is 18.5. The van der Waals surface area contributed by atoms with Gasteiger partial charge in [-0.1, -0.05) is 36.4 Å². The minimum absolute atomic E-state index is 0.0410. The van der Waals surface area contributed by atoms with Crippen molar-refractivity contribution < 1.29 is 26.7 Å². The molecule has 1 saturated heterocycles. The summed E-state index contributed by atoms with van der Waals surface area (Å²) < 4.78 is 62.3. The largest absolute Gasteiger partial charge is 0.488 e. The first kappa shape index (κ1) is 23.4. The van der Waals surface area contributed by atoms with Crippen molar-refractivity contribution in [2.24, 2.45) is 0 Å². The Morgan fingerprint density at radius 2 is 1.97 bits per heavy atom. The fraction of sp³-hybridized carbons (Fsp3) is 0.435. The molecule has 0 aromatic heterocycles. The van der Waals surface area contributed by atoms with Crippen LogP contribution in [0.4, 0.5) is 13.6 Å². The number of urea groups is 1. The van der Waals surface area contributed by atoms with Gasteiger partial charge in [0, 0.05) is 12.6 Å². The van der Waals surface area contributed by atoms with Crippen molar-refractivity contribution in [2.75, 3.05) is 32.5 Å². The minimum atomic E-state index is -3.69. The highest BCUT2D eigenvalue weighted by atomic mass is 32.2. The number of halogens is 2. The third kappa shape index (κ3) is 4.81. The molecule has 2 heterocycles. The van der Waals surface area contributed by atoms with Crippen LogP contribution in [0.1, 0.15) is 12.5 Å². The molecule has 2 aliphatic rings. The van der Waals surface area contributed by atoms with E-state index >= 15 is 4.39 Å². The van der Waals surface area contributed by atoms with Crippen LogP contribution >= 0.6 is 0 Å². The molecular weight excluding hydrogens is 452 g/mol. The van der Waals surface area contributed by atoms with E-state index in [-0.39, 0.29) is 37.6 Å². The van der Waals surface area contributed by atoms with Gasteiger partial charge in [0.15, 0.2) is 11.6 Å². The number of hydrogen-bond donors (Lipinski definition) is 1. The quantitative estimate of drug-likeness (QED) is 0.735. The van der Waals surface area contributed by atoms with Crippen molar-refractivity contribution in [3.63, 3.8) is 0 Å². The van der Waals surface area contributed by atoms with E-state index in [4.69, 9.17) is 4.74 Å². The zero-order valence-corrected chi connectivity index (χ0v) is 19.3. The average Bonchev–Trinajstić information content (AvgIpc) is 3.08. The number of para-hydroxylation sites is 1. The molecule has 0 unspecified atom stereocenters. The Morgan fingerprint density at radius 3 is 2.73 bits per heavy atom. The molecule has 1 fully saturated rings. The number of rotatable bonds is 3. The van der Waals surface area contributed by atoms with Crippen molar-refractivity contribution in [2.45, 2.75) is 31.6 Å². The second-order valence-electron chi connectivity index (χ2n) is 8.36. The summed E-state index contributed by atoms with van der Waals surface area (Å²) in [5.41, 5.74) is 2.05. The van der Waals surface area contributed by atoms with E-state index in [1.807, 2.05) is 18.2 Å². The van der Waals surface area contributed by atoms with Gasteiger partial charge in [-0.25, -0.2) is 26.7 Å². The van der Waals surface area contributed by atoms with Crippen LogP contribution < -0.4 is 9.46 Å². The summed E-state index contributed by atoms with van der Waals surface area (Å²) in [7, 11) is -2.13. The van der Waals surface area contributed by atoms with Crippen LogP contribution in [0.25, 0.3) is 11.1 Å². The van der Waals surface area contributed by atoms with Crippen LogP contribution in [0, 0.1) is 5.82 Å². The molecule has 0 spiro atoms. The fourth-order valence-corrected chi connectivity index (χ4v) is 5.25. The van der Waals surface area contributed by atoms with E-state index in [0.717, 1.165) is 5.56 Å². The monoisotopic (exact) mass is 479 g/mol. The number of benzene rings is 2. The highest BCUT2D eigenvalue weighted by molar-refractivity contribution is 7.89. The van der Waals surface area contributed by atoms with Crippen molar-refractivity contribution >= 4 is 16.1 Å². The van der Waals surface area contributed by atoms with Crippen LogP contribution in [0.3, 0.4) is 0 Å². The molecular formula is C23H27F2N3O4S. The topological polar surface area (TPSA) is 79.0 Å². The van der Waals surface area contributed by atoms with E-state index in [9.17, 15) is 17.6 Å². The Balaban J connectivity index is 1.78. The van der Waals surface area contributed by atoms with Crippen molar-refractivity contribution in [1.29, 1.82) is 0 Å². The molecule has 0 aliphatic carbocycles. The van der Waals surface area contributed by atoms with Gasteiger partial charge < -0.3 is 14.5 Å². The first-order valence-corrected chi connectivity index (χ1v) is 12.5. The van der Waals surface area contributed by atoms with Gasteiger partial charge in [0.2, 0.25) is 10.0 Å². The van der Waals surface area contributed by atoms with Crippen LogP contribution in [-0.4, -0.2) is 75.0 Å². The summed E-state index contributed by atoms with van der Waals surface area (Å²) in [6.07, 6.45) is -1.31. The summed E-state index contributed by atoms with van der Waals surface area (Å²) in [5, 5.41) is 0. The maximum Gasteiger partial charge on any atom is 0.320 e. The minimum Gasteiger partial charge on any atom is -0.488 e. The second kappa shape index (κ2) is 9.26. The zero-order chi connectivity index (χ0) is 23.8. The molecule has 2 bridgehead atoms. The van der Waals surface area contributed by atoms with E-state index in [2.05, 4.69) is 4.72 Å². The molecule has 2 aromatic rings. The third-order valence-electron chi connectivity index (χ3n) is 6.17. The molecule has 2 amide bonds. The van der Waals surface area contributed by atoms with Gasteiger partial charge in [0.05, 0.1) is 30.9 Å². The molecule has 2 aromatic carbocycles.